The fraction of sp³-hybridized carbons (Fsp3) is 0.929. The first-order chi connectivity index (χ1) is 10.0. The van der Waals surface area contributed by atoms with Crippen LogP contribution in [0.1, 0.15) is 32.6 Å². The Labute approximate surface area is 127 Å². The zero-order valence-electron chi connectivity index (χ0n) is 12.9. The van der Waals surface area contributed by atoms with Crippen LogP contribution in [0, 0.1) is 5.92 Å². The number of nitrogens with zero attached hydrogens (tertiary/aromatic N) is 2. The molecule has 0 aromatic heterocycles. The average molecular weight is 317 g/mol. The highest BCUT2D eigenvalue weighted by molar-refractivity contribution is 7.89. The monoisotopic (exact) mass is 317 g/mol. The molecule has 2 saturated heterocycles. The van der Waals surface area contributed by atoms with Crippen LogP contribution >= 0.6 is 0 Å². The number of hydrogen-bond acceptors (Lipinski definition) is 4. The molecule has 7 heteroatoms. The lowest BCUT2D eigenvalue weighted by atomic mass is 9.99. The molecule has 21 heavy (non-hydrogen) atoms. The Bertz CT molecular complexity index is 446. The van der Waals surface area contributed by atoms with Gasteiger partial charge in [-0.05, 0) is 45.7 Å². The van der Waals surface area contributed by atoms with Gasteiger partial charge in [-0.15, -0.1) is 0 Å². The summed E-state index contributed by atoms with van der Waals surface area (Å²) in [5.74, 6) is -0.0834. The zero-order chi connectivity index (χ0) is 15.3. The zero-order valence-corrected chi connectivity index (χ0v) is 13.7. The maximum Gasteiger partial charge on any atom is 0.224 e. The molecule has 0 aromatic rings. The fourth-order valence-corrected chi connectivity index (χ4v) is 4.26. The summed E-state index contributed by atoms with van der Waals surface area (Å²) in [4.78, 5) is 14.5. The summed E-state index contributed by atoms with van der Waals surface area (Å²) in [5.41, 5.74) is 0. The summed E-state index contributed by atoms with van der Waals surface area (Å²) in [6, 6.07) is 0. The normalized spacial score (nSPS) is 25.1. The molecule has 1 atom stereocenters. The summed E-state index contributed by atoms with van der Waals surface area (Å²) >= 11 is 0. The molecule has 0 saturated carbocycles. The van der Waals surface area contributed by atoms with E-state index in [4.69, 9.17) is 0 Å². The number of likely N-dealkylation sites (tertiary alicyclic amines) is 1. The summed E-state index contributed by atoms with van der Waals surface area (Å²) in [7, 11) is -3.18. The molecule has 2 rings (SSSR count). The van der Waals surface area contributed by atoms with E-state index in [2.05, 4.69) is 10.2 Å². The Balaban J connectivity index is 1.76. The second-order valence-corrected chi connectivity index (χ2v) is 8.20. The maximum atomic E-state index is 12.2. The Hall–Kier alpha value is -0.660. The second kappa shape index (κ2) is 7.56. The molecule has 1 amide bonds. The molecule has 2 heterocycles. The Morgan fingerprint density at radius 3 is 2.57 bits per heavy atom. The predicted molar refractivity (Wildman–Crippen MR) is 82.4 cm³/mol. The third kappa shape index (κ3) is 4.66. The van der Waals surface area contributed by atoms with E-state index in [1.807, 2.05) is 0 Å². The van der Waals surface area contributed by atoms with E-state index in [1.54, 1.807) is 6.92 Å². The van der Waals surface area contributed by atoms with E-state index in [9.17, 15) is 13.2 Å². The smallest absolute Gasteiger partial charge is 0.224 e. The minimum atomic E-state index is -3.18. The number of nitrogens with one attached hydrogen (secondary N) is 1. The molecular formula is C14H27N3O3S. The van der Waals surface area contributed by atoms with Crippen molar-refractivity contribution >= 4 is 15.9 Å². The van der Waals surface area contributed by atoms with Crippen LogP contribution in [0.2, 0.25) is 0 Å². The molecule has 6 nitrogen and oxygen atoms in total. The standard InChI is InChI=1S/C14H27N3O3S/c1-2-21(19,20)17-10-5-6-13(12-17)14(18)15-7-11-16-8-3-4-9-16/h13H,2-12H2,1H3,(H,15,18). The van der Waals surface area contributed by atoms with E-state index in [0.29, 0.717) is 19.6 Å². The number of sulfonamides is 1. The van der Waals surface area contributed by atoms with E-state index >= 15 is 0 Å². The second-order valence-electron chi connectivity index (χ2n) is 5.94. The fourth-order valence-electron chi connectivity index (χ4n) is 3.08. The van der Waals surface area contributed by atoms with Crippen LogP contribution in [0.25, 0.3) is 0 Å². The van der Waals surface area contributed by atoms with Crippen LogP contribution < -0.4 is 5.32 Å². The molecule has 2 aliphatic heterocycles. The minimum absolute atomic E-state index is 0.00481. The molecule has 0 aromatic carbocycles. The number of carbonyl (C=O) groups excluding carboxylic acids is 1. The van der Waals surface area contributed by atoms with E-state index < -0.39 is 10.0 Å². The SMILES string of the molecule is CCS(=O)(=O)N1CCCC(C(=O)NCCN2CCCC2)C1. The van der Waals surface area contributed by atoms with Crippen LogP contribution in [0.3, 0.4) is 0 Å². The molecular weight excluding hydrogens is 290 g/mol. The van der Waals surface area contributed by atoms with Crippen molar-refractivity contribution in [1.82, 2.24) is 14.5 Å². The quantitative estimate of drug-likeness (QED) is 0.763. The maximum absolute atomic E-state index is 12.2. The van der Waals surface area contributed by atoms with Crippen LogP contribution in [-0.2, 0) is 14.8 Å². The van der Waals surface area contributed by atoms with Crippen molar-refractivity contribution in [2.24, 2.45) is 5.92 Å². The van der Waals surface area contributed by atoms with Gasteiger partial charge in [0.25, 0.3) is 0 Å². The van der Waals surface area contributed by atoms with Crippen LogP contribution in [0.5, 0.6) is 0 Å². The van der Waals surface area contributed by atoms with Gasteiger partial charge in [-0.2, -0.15) is 0 Å². The molecule has 0 radical (unpaired) electrons. The number of carbonyl (C=O) groups is 1. The van der Waals surface area contributed by atoms with E-state index in [0.717, 1.165) is 32.5 Å². The van der Waals surface area contributed by atoms with Gasteiger partial charge in [0.2, 0.25) is 15.9 Å². The number of amides is 1. The summed E-state index contributed by atoms with van der Waals surface area (Å²) in [5, 5.41) is 2.97. The molecule has 2 fully saturated rings. The molecule has 1 N–H and O–H groups in total. The minimum Gasteiger partial charge on any atom is -0.355 e. The van der Waals surface area contributed by atoms with Gasteiger partial charge >= 0.3 is 0 Å². The van der Waals surface area contributed by atoms with Crippen LogP contribution in [0.4, 0.5) is 0 Å². The lowest BCUT2D eigenvalue weighted by molar-refractivity contribution is -0.126. The van der Waals surface area contributed by atoms with Crippen molar-refractivity contribution in [3.8, 4) is 0 Å². The molecule has 1 unspecified atom stereocenters. The van der Waals surface area contributed by atoms with E-state index in [-0.39, 0.29) is 17.6 Å². The van der Waals surface area contributed by atoms with Crippen molar-refractivity contribution in [3.05, 3.63) is 0 Å². The van der Waals surface area contributed by atoms with E-state index in [1.165, 1.54) is 17.1 Å². The van der Waals surface area contributed by atoms with Gasteiger partial charge < -0.3 is 10.2 Å². The highest BCUT2D eigenvalue weighted by atomic mass is 32.2. The van der Waals surface area contributed by atoms with Gasteiger partial charge in [0.05, 0.1) is 11.7 Å². The average Bonchev–Trinajstić information content (AvgIpc) is 3.00. The van der Waals surface area contributed by atoms with Crippen LogP contribution in [0.15, 0.2) is 0 Å². The first-order valence-corrected chi connectivity index (χ1v) is 9.61. The first kappa shape index (κ1) is 16.7. The van der Waals surface area contributed by atoms with Crippen LogP contribution in [-0.4, -0.2) is 68.6 Å². The molecule has 2 aliphatic rings. The topological polar surface area (TPSA) is 69.7 Å². The van der Waals surface area contributed by atoms with Gasteiger partial charge in [0, 0.05) is 26.2 Å². The third-order valence-corrected chi connectivity index (χ3v) is 6.29. The van der Waals surface area contributed by atoms with Gasteiger partial charge in [0.15, 0.2) is 0 Å². The van der Waals surface area contributed by atoms with Crippen molar-refractivity contribution < 1.29 is 13.2 Å². The Morgan fingerprint density at radius 1 is 1.19 bits per heavy atom. The number of piperidine rings is 1. The highest BCUT2D eigenvalue weighted by Gasteiger charge is 2.31. The largest absolute Gasteiger partial charge is 0.355 e. The summed E-state index contributed by atoms with van der Waals surface area (Å²) < 4.78 is 25.3. The van der Waals surface area contributed by atoms with Crippen molar-refractivity contribution in [2.75, 3.05) is 45.0 Å². The molecule has 0 aliphatic carbocycles. The first-order valence-electron chi connectivity index (χ1n) is 8.01. The summed E-state index contributed by atoms with van der Waals surface area (Å²) in [6.07, 6.45) is 4.05. The Kier molecular flexibility index (Phi) is 6.01. The predicted octanol–water partition coefficient (Wildman–Crippen LogP) is 0.260. The Morgan fingerprint density at radius 2 is 1.90 bits per heavy atom. The number of rotatable bonds is 6. The van der Waals surface area contributed by atoms with Crippen molar-refractivity contribution in [1.29, 1.82) is 0 Å². The lowest BCUT2D eigenvalue weighted by Gasteiger charge is -2.31. The van der Waals surface area contributed by atoms with Crippen molar-refractivity contribution in [2.45, 2.75) is 32.6 Å². The third-order valence-electron chi connectivity index (χ3n) is 4.44. The highest BCUT2D eigenvalue weighted by Crippen LogP contribution is 2.19. The molecule has 0 spiro atoms. The lowest BCUT2D eigenvalue weighted by Crippen LogP contribution is -2.46. The van der Waals surface area contributed by atoms with Gasteiger partial charge in [-0.3, -0.25) is 4.79 Å². The number of hydrogen-bond donors (Lipinski definition) is 1. The molecule has 0 bridgehead atoms. The molecule has 122 valence electrons. The van der Waals surface area contributed by atoms with Gasteiger partial charge in [-0.25, -0.2) is 12.7 Å². The summed E-state index contributed by atoms with van der Waals surface area (Å²) in [6.45, 7) is 6.35. The van der Waals surface area contributed by atoms with Crippen molar-refractivity contribution in [3.63, 3.8) is 0 Å². The van der Waals surface area contributed by atoms with Gasteiger partial charge in [-0.1, -0.05) is 0 Å². The van der Waals surface area contributed by atoms with Gasteiger partial charge in [0.1, 0.15) is 0 Å².